The van der Waals surface area contributed by atoms with Crippen molar-refractivity contribution in [2.24, 2.45) is 0 Å². The van der Waals surface area contributed by atoms with E-state index >= 15 is 0 Å². The number of anilines is 2. The zero-order valence-corrected chi connectivity index (χ0v) is 13.2. The molecule has 2 aromatic heterocycles. The van der Waals surface area contributed by atoms with Crippen LogP contribution in [0.4, 0.5) is 11.8 Å². The number of allylic oxidation sites excluding steroid dienone is 1. The Labute approximate surface area is 128 Å². The molecule has 2 heterocycles. The van der Waals surface area contributed by atoms with Crippen molar-refractivity contribution in [2.45, 2.75) is 36.5 Å². The second kappa shape index (κ2) is 6.13. The van der Waals surface area contributed by atoms with Crippen molar-refractivity contribution >= 4 is 29.1 Å². The quantitative estimate of drug-likeness (QED) is 0.900. The molecule has 0 saturated heterocycles. The van der Waals surface area contributed by atoms with Gasteiger partial charge in [0, 0.05) is 17.3 Å². The predicted molar refractivity (Wildman–Crippen MR) is 88.0 cm³/mol. The van der Waals surface area contributed by atoms with Crippen molar-refractivity contribution in [3.05, 3.63) is 36.3 Å². The molecule has 0 bridgehead atoms. The van der Waals surface area contributed by atoms with E-state index in [9.17, 15) is 0 Å². The standard InChI is InChI=1S/C15H19N5S/c1-8(2)10-6-18-11(9(3)4)5-12(10)21-13-7-19-15(17)20-14(13)16/h5-8H,3H2,1-2,4H3,(H4,16,17,19,20). The molecule has 2 aromatic rings. The molecule has 0 saturated carbocycles. The number of nitrogens with two attached hydrogens (primary N) is 2. The third-order valence-corrected chi connectivity index (χ3v) is 4.08. The number of aromatic nitrogens is 3. The fourth-order valence-corrected chi connectivity index (χ4v) is 2.87. The Bertz CT molecular complexity index is 682. The first-order valence-electron chi connectivity index (χ1n) is 6.60. The van der Waals surface area contributed by atoms with Gasteiger partial charge in [-0.05, 0) is 30.0 Å². The van der Waals surface area contributed by atoms with Crippen LogP contribution in [0.1, 0.15) is 37.9 Å². The van der Waals surface area contributed by atoms with Crippen LogP contribution in [-0.2, 0) is 0 Å². The average Bonchev–Trinajstić information content (AvgIpc) is 2.41. The number of nitrogens with zero attached hydrogens (tertiary/aromatic N) is 3. The Morgan fingerprint density at radius 3 is 2.48 bits per heavy atom. The van der Waals surface area contributed by atoms with Crippen molar-refractivity contribution in [3.8, 4) is 0 Å². The predicted octanol–water partition coefficient (Wildman–Crippen LogP) is 3.34. The highest BCUT2D eigenvalue weighted by Gasteiger charge is 2.13. The first-order valence-corrected chi connectivity index (χ1v) is 7.41. The Hall–Kier alpha value is -2.08. The molecule has 0 aliphatic rings. The molecule has 0 aromatic carbocycles. The lowest BCUT2D eigenvalue weighted by atomic mass is 10.0. The molecule has 0 unspecified atom stereocenters. The highest BCUT2D eigenvalue weighted by Crippen LogP contribution is 2.36. The summed E-state index contributed by atoms with van der Waals surface area (Å²) in [5.41, 5.74) is 14.4. The van der Waals surface area contributed by atoms with Crippen LogP contribution in [0.5, 0.6) is 0 Å². The highest BCUT2D eigenvalue weighted by atomic mass is 32.2. The molecule has 0 aliphatic heterocycles. The van der Waals surface area contributed by atoms with Crippen LogP contribution in [0.3, 0.4) is 0 Å². The summed E-state index contributed by atoms with van der Waals surface area (Å²) >= 11 is 1.52. The first kappa shape index (κ1) is 15.3. The van der Waals surface area contributed by atoms with E-state index in [1.54, 1.807) is 6.20 Å². The van der Waals surface area contributed by atoms with Gasteiger partial charge in [-0.15, -0.1) is 0 Å². The third kappa shape index (κ3) is 3.52. The van der Waals surface area contributed by atoms with E-state index in [0.29, 0.717) is 11.7 Å². The fourth-order valence-electron chi connectivity index (χ4n) is 1.80. The van der Waals surface area contributed by atoms with Gasteiger partial charge < -0.3 is 11.5 Å². The molecule has 0 atom stereocenters. The number of hydrogen-bond donors (Lipinski definition) is 2. The van der Waals surface area contributed by atoms with Gasteiger partial charge in [-0.2, -0.15) is 4.98 Å². The maximum atomic E-state index is 5.91. The molecule has 5 nitrogen and oxygen atoms in total. The zero-order valence-electron chi connectivity index (χ0n) is 12.4. The van der Waals surface area contributed by atoms with Crippen LogP contribution in [-0.4, -0.2) is 15.0 Å². The third-order valence-electron chi connectivity index (χ3n) is 2.98. The number of hydrogen-bond acceptors (Lipinski definition) is 6. The van der Waals surface area contributed by atoms with E-state index in [1.165, 1.54) is 11.8 Å². The van der Waals surface area contributed by atoms with Gasteiger partial charge in [-0.1, -0.05) is 32.2 Å². The molecule has 4 N–H and O–H groups in total. The van der Waals surface area contributed by atoms with Gasteiger partial charge in [0.25, 0.3) is 0 Å². The Morgan fingerprint density at radius 1 is 1.19 bits per heavy atom. The van der Waals surface area contributed by atoms with E-state index in [0.717, 1.165) is 26.6 Å². The van der Waals surface area contributed by atoms with Crippen molar-refractivity contribution in [2.75, 3.05) is 11.5 Å². The topological polar surface area (TPSA) is 90.7 Å². The SMILES string of the molecule is C=C(C)c1cc(Sc2cnc(N)nc2N)c(C(C)C)cn1. The summed E-state index contributed by atoms with van der Waals surface area (Å²) in [6, 6.07) is 2.03. The van der Waals surface area contributed by atoms with Crippen LogP contribution < -0.4 is 11.5 Å². The van der Waals surface area contributed by atoms with Crippen LogP contribution in [0, 0.1) is 0 Å². The Balaban J connectivity index is 2.45. The molecule has 21 heavy (non-hydrogen) atoms. The van der Waals surface area contributed by atoms with Crippen molar-refractivity contribution in [1.29, 1.82) is 0 Å². The van der Waals surface area contributed by atoms with Gasteiger partial charge in [0.2, 0.25) is 5.95 Å². The van der Waals surface area contributed by atoms with Crippen LogP contribution in [0.25, 0.3) is 5.57 Å². The molecule has 0 fully saturated rings. The van der Waals surface area contributed by atoms with E-state index in [-0.39, 0.29) is 5.95 Å². The Morgan fingerprint density at radius 2 is 1.90 bits per heavy atom. The number of pyridine rings is 1. The molecule has 0 amide bonds. The van der Waals surface area contributed by atoms with Gasteiger partial charge >= 0.3 is 0 Å². The van der Waals surface area contributed by atoms with Gasteiger partial charge in [-0.3, -0.25) is 4.98 Å². The van der Waals surface area contributed by atoms with E-state index in [1.807, 2.05) is 19.2 Å². The van der Waals surface area contributed by atoms with E-state index in [2.05, 4.69) is 35.4 Å². The van der Waals surface area contributed by atoms with Gasteiger partial charge in [0.1, 0.15) is 5.82 Å². The number of nitrogen functional groups attached to an aromatic ring is 2. The summed E-state index contributed by atoms with van der Waals surface area (Å²) in [5, 5.41) is 0. The van der Waals surface area contributed by atoms with E-state index in [4.69, 9.17) is 11.5 Å². The summed E-state index contributed by atoms with van der Waals surface area (Å²) in [6.45, 7) is 10.1. The lowest BCUT2D eigenvalue weighted by molar-refractivity contribution is 0.830. The van der Waals surface area contributed by atoms with Gasteiger partial charge in [0.05, 0.1) is 10.6 Å². The van der Waals surface area contributed by atoms with Crippen LogP contribution >= 0.6 is 11.8 Å². The van der Waals surface area contributed by atoms with Crippen LogP contribution in [0.2, 0.25) is 0 Å². The molecule has 6 heteroatoms. The smallest absolute Gasteiger partial charge is 0.221 e. The van der Waals surface area contributed by atoms with Gasteiger partial charge in [0.15, 0.2) is 0 Å². The summed E-state index contributed by atoms with van der Waals surface area (Å²) < 4.78 is 0. The molecule has 110 valence electrons. The monoisotopic (exact) mass is 301 g/mol. The fraction of sp³-hybridized carbons (Fsp3) is 0.267. The minimum absolute atomic E-state index is 0.179. The summed E-state index contributed by atoms with van der Waals surface area (Å²) in [4.78, 5) is 14.3. The van der Waals surface area contributed by atoms with Crippen LogP contribution in [0.15, 0.2) is 34.8 Å². The maximum absolute atomic E-state index is 5.91. The molecule has 0 radical (unpaired) electrons. The normalized spacial score (nSPS) is 10.9. The second-order valence-corrected chi connectivity index (χ2v) is 6.21. The first-order chi connectivity index (χ1) is 9.88. The van der Waals surface area contributed by atoms with Crippen molar-refractivity contribution < 1.29 is 0 Å². The molecule has 0 spiro atoms. The molecular weight excluding hydrogens is 282 g/mol. The molecule has 0 aliphatic carbocycles. The minimum Gasteiger partial charge on any atom is -0.383 e. The molecule has 2 rings (SSSR count). The second-order valence-electron chi connectivity index (χ2n) is 5.12. The number of rotatable bonds is 4. The largest absolute Gasteiger partial charge is 0.383 e. The minimum atomic E-state index is 0.179. The van der Waals surface area contributed by atoms with Gasteiger partial charge in [-0.25, -0.2) is 4.98 Å². The van der Waals surface area contributed by atoms with E-state index < -0.39 is 0 Å². The molecular formula is C15H19N5S. The zero-order chi connectivity index (χ0) is 15.6. The maximum Gasteiger partial charge on any atom is 0.221 e. The highest BCUT2D eigenvalue weighted by molar-refractivity contribution is 7.99. The van der Waals surface area contributed by atoms with Crippen molar-refractivity contribution in [3.63, 3.8) is 0 Å². The average molecular weight is 301 g/mol. The summed E-state index contributed by atoms with van der Waals surface area (Å²) in [6.07, 6.45) is 3.54. The van der Waals surface area contributed by atoms with Crippen molar-refractivity contribution in [1.82, 2.24) is 15.0 Å². The summed E-state index contributed by atoms with van der Waals surface area (Å²) in [5.74, 6) is 0.921. The summed E-state index contributed by atoms with van der Waals surface area (Å²) in [7, 11) is 0. The lowest BCUT2D eigenvalue weighted by Crippen LogP contribution is -2.01. The Kier molecular flexibility index (Phi) is 4.47. The lowest BCUT2D eigenvalue weighted by Gasteiger charge is -2.14.